The van der Waals surface area contributed by atoms with Gasteiger partial charge in [-0.15, -0.1) is 11.8 Å². The highest BCUT2D eigenvalue weighted by molar-refractivity contribution is 8.01. The van der Waals surface area contributed by atoms with Gasteiger partial charge in [0.25, 0.3) is 5.91 Å². The number of benzene rings is 2. The summed E-state index contributed by atoms with van der Waals surface area (Å²) in [6.07, 6.45) is 2.41. The van der Waals surface area contributed by atoms with Crippen LogP contribution in [0.25, 0.3) is 0 Å². The molecule has 0 saturated carbocycles. The Morgan fingerprint density at radius 1 is 1.18 bits per heavy atom. The molecule has 0 aromatic heterocycles. The zero-order valence-electron chi connectivity index (χ0n) is 15.8. The lowest BCUT2D eigenvalue weighted by Gasteiger charge is -2.33. The number of hydrogen-bond donors (Lipinski definition) is 3. The number of fused-ring (bicyclic) bond motifs is 1. The molecule has 4 N–H and O–H groups in total. The van der Waals surface area contributed by atoms with Crippen LogP contribution in [0.2, 0.25) is 0 Å². The molecule has 1 fully saturated rings. The predicted molar refractivity (Wildman–Crippen MR) is 112 cm³/mol. The van der Waals surface area contributed by atoms with Gasteiger partial charge in [0, 0.05) is 35.2 Å². The molecule has 5 nitrogen and oxygen atoms in total. The molecule has 28 heavy (non-hydrogen) atoms. The van der Waals surface area contributed by atoms with Crippen molar-refractivity contribution in [3.05, 3.63) is 64.7 Å². The van der Waals surface area contributed by atoms with Crippen molar-refractivity contribution >= 4 is 24.8 Å². The largest absolute Gasteiger partial charge is 0.466 e. The number of likely N-dealkylation sites (tertiary alicyclic amines) is 1. The number of amides is 1. The molecule has 2 aromatic rings. The Morgan fingerprint density at radius 3 is 2.64 bits per heavy atom. The summed E-state index contributed by atoms with van der Waals surface area (Å²) in [5.41, 5.74) is 9.88. The maximum Gasteiger partial charge on any atom is 0.466 e. The van der Waals surface area contributed by atoms with E-state index in [1.54, 1.807) is 0 Å². The highest BCUT2D eigenvalue weighted by Crippen LogP contribution is 2.40. The number of hydrogen-bond acceptors (Lipinski definition) is 5. The second kappa shape index (κ2) is 8.29. The zero-order valence-corrected chi connectivity index (χ0v) is 16.6. The third-order valence-electron chi connectivity index (χ3n) is 5.82. The first-order chi connectivity index (χ1) is 13.6. The number of carbonyl (C=O) groups is 1. The van der Waals surface area contributed by atoms with Crippen LogP contribution in [0.15, 0.2) is 47.4 Å². The normalized spacial score (nSPS) is 19.5. The summed E-state index contributed by atoms with van der Waals surface area (Å²) < 4.78 is 0. The Hall–Kier alpha value is -1.80. The molecule has 1 atom stereocenters. The number of nitrogens with two attached hydrogens (primary N) is 1. The van der Waals surface area contributed by atoms with Crippen LogP contribution in [0.5, 0.6) is 0 Å². The van der Waals surface area contributed by atoms with Gasteiger partial charge >= 0.3 is 7.12 Å². The minimum Gasteiger partial charge on any atom is -0.426 e. The zero-order chi connectivity index (χ0) is 19.7. The minimum atomic E-state index is -1.37. The van der Waals surface area contributed by atoms with Crippen molar-refractivity contribution < 1.29 is 14.8 Å². The fourth-order valence-corrected chi connectivity index (χ4v) is 5.41. The van der Waals surface area contributed by atoms with E-state index in [2.05, 4.69) is 18.2 Å². The molecule has 1 unspecified atom stereocenters. The van der Waals surface area contributed by atoms with Gasteiger partial charge in [-0.05, 0) is 54.0 Å². The van der Waals surface area contributed by atoms with E-state index in [1.165, 1.54) is 17.3 Å². The Balaban J connectivity index is 1.45. The van der Waals surface area contributed by atoms with Gasteiger partial charge in [-0.3, -0.25) is 4.79 Å². The lowest BCUT2D eigenvalue weighted by molar-refractivity contribution is 0.0711. The van der Waals surface area contributed by atoms with E-state index in [0.717, 1.165) is 42.0 Å². The molecular weight excluding hydrogens is 371 g/mol. The van der Waals surface area contributed by atoms with E-state index >= 15 is 0 Å². The van der Waals surface area contributed by atoms with Crippen LogP contribution in [0.1, 0.15) is 45.8 Å². The quantitative estimate of drug-likeness (QED) is 0.690. The molecule has 2 aliphatic heterocycles. The third-order valence-corrected chi connectivity index (χ3v) is 7.17. The molecule has 1 amide bonds. The van der Waals surface area contributed by atoms with Gasteiger partial charge in [0.05, 0.1) is 0 Å². The van der Waals surface area contributed by atoms with Crippen molar-refractivity contribution in [1.82, 2.24) is 4.90 Å². The van der Waals surface area contributed by atoms with Crippen LogP contribution in [0, 0.1) is 0 Å². The summed E-state index contributed by atoms with van der Waals surface area (Å²) in [6.45, 7) is 2.02. The van der Waals surface area contributed by atoms with Crippen molar-refractivity contribution in [3.63, 3.8) is 0 Å². The molecule has 2 aliphatic rings. The maximum atomic E-state index is 13.2. The monoisotopic (exact) mass is 396 g/mol. The Kier molecular flexibility index (Phi) is 5.78. The molecule has 2 aromatic carbocycles. The second-order valence-corrected chi connectivity index (χ2v) is 8.85. The highest BCUT2D eigenvalue weighted by atomic mass is 32.2. The van der Waals surface area contributed by atoms with Gasteiger partial charge < -0.3 is 20.7 Å². The van der Waals surface area contributed by atoms with E-state index < -0.39 is 7.12 Å². The van der Waals surface area contributed by atoms with Crippen molar-refractivity contribution in [2.24, 2.45) is 5.73 Å². The van der Waals surface area contributed by atoms with Crippen molar-refractivity contribution in [3.8, 4) is 0 Å². The lowest BCUT2D eigenvalue weighted by atomic mass is 9.81. The summed E-state index contributed by atoms with van der Waals surface area (Å²) in [5.74, 6) is 0.515. The van der Waals surface area contributed by atoms with E-state index in [1.807, 2.05) is 29.2 Å². The van der Waals surface area contributed by atoms with Gasteiger partial charge in [0.15, 0.2) is 0 Å². The SMILES string of the molecule is NCc1cccc(C2CCN(C(=O)c3cccc4c3CC(B(O)O)S4)CC2)c1. The molecule has 0 aliphatic carbocycles. The second-order valence-electron chi connectivity index (χ2n) is 7.57. The van der Waals surface area contributed by atoms with Crippen molar-refractivity contribution in [2.75, 3.05) is 13.1 Å². The summed E-state index contributed by atoms with van der Waals surface area (Å²) >= 11 is 1.44. The first kappa shape index (κ1) is 19.5. The number of nitrogens with zero attached hydrogens (tertiary/aromatic N) is 1. The Morgan fingerprint density at radius 2 is 1.93 bits per heavy atom. The number of thioether (sulfide) groups is 1. The van der Waals surface area contributed by atoms with Crippen molar-refractivity contribution in [1.29, 1.82) is 0 Å². The molecule has 1 saturated heterocycles. The lowest BCUT2D eigenvalue weighted by Crippen LogP contribution is -2.38. The fourth-order valence-electron chi connectivity index (χ4n) is 4.22. The van der Waals surface area contributed by atoms with E-state index in [9.17, 15) is 14.8 Å². The first-order valence-electron chi connectivity index (χ1n) is 9.79. The van der Waals surface area contributed by atoms with Gasteiger partial charge in [0.2, 0.25) is 0 Å². The maximum absolute atomic E-state index is 13.2. The minimum absolute atomic E-state index is 0.0553. The van der Waals surface area contributed by atoms with Gasteiger partial charge in [-0.25, -0.2) is 0 Å². The smallest absolute Gasteiger partial charge is 0.426 e. The predicted octanol–water partition coefficient (Wildman–Crippen LogP) is 2.19. The number of piperidine rings is 1. The van der Waals surface area contributed by atoms with Gasteiger partial charge in [0.1, 0.15) is 0 Å². The van der Waals surface area contributed by atoms with Crippen LogP contribution < -0.4 is 5.73 Å². The molecule has 146 valence electrons. The van der Waals surface area contributed by atoms with Crippen LogP contribution in [-0.4, -0.2) is 46.2 Å². The highest BCUT2D eigenvalue weighted by Gasteiger charge is 2.35. The van der Waals surface area contributed by atoms with Gasteiger partial charge in [-0.2, -0.15) is 0 Å². The topological polar surface area (TPSA) is 86.8 Å². The molecule has 0 radical (unpaired) electrons. The number of rotatable bonds is 4. The molecular formula is C21H25BN2O3S. The third kappa shape index (κ3) is 3.85. The Labute approximate surface area is 170 Å². The average molecular weight is 396 g/mol. The van der Waals surface area contributed by atoms with Gasteiger partial charge in [-0.1, -0.05) is 30.3 Å². The van der Waals surface area contributed by atoms with Crippen LogP contribution in [0.4, 0.5) is 0 Å². The van der Waals surface area contributed by atoms with Crippen LogP contribution in [0.3, 0.4) is 0 Å². The standard InChI is InChI=1S/C21H25BN2O3S/c23-13-14-3-1-4-16(11-14)15-7-9-24(10-8-15)21(25)17-5-2-6-19-18(17)12-20(28-19)22(26)27/h1-6,11,15,20,26-27H,7-10,12-13,23H2. The molecule has 7 heteroatoms. The molecule has 0 bridgehead atoms. The molecule has 2 heterocycles. The summed E-state index contributed by atoms with van der Waals surface area (Å²) in [4.78, 5) is 16.1. The van der Waals surface area contributed by atoms with Crippen LogP contribution in [-0.2, 0) is 13.0 Å². The van der Waals surface area contributed by atoms with E-state index in [-0.39, 0.29) is 11.1 Å². The first-order valence-corrected chi connectivity index (χ1v) is 10.7. The summed E-state index contributed by atoms with van der Waals surface area (Å²) in [5, 5.41) is 18.7. The van der Waals surface area contributed by atoms with Crippen molar-refractivity contribution in [2.45, 2.75) is 41.8 Å². The Bertz CT molecular complexity index is 868. The molecule has 4 rings (SSSR count). The van der Waals surface area contributed by atoms with E-state index in [0.29, 0.717) is 24.4 Å². The average Bonchev–Trinajstić information content (AvgIpc) is 3.18. The summed E-state index contributed by atoms with van der Waals surface area (Å²) in [6, 6.07) is 14.2. The number of carbonyl (C=O) groups excluding carboxylic acids is 1. The fraction of sp³-hybridized carbons (Fsp3) is 0.381. The van der Waals surface area contributed by atoms with Crippen LogP contribution >= 0.6 is 11.8 Å². The van der Waals surface area contributed by atoms with E-state index in [4.69, 9.17) is 5.73 Å². The summed E-state index contributed by atoms with van der Waals surface area (Å²) in [7, 11) is -1.37. The molecule has 0 spiro atoms.